The zero-order valence-corrected chi connectivity index (χ0v) is 12.0. The SMILES string of the molecule is CCNc1ncccc1C(=O)NC(C)CCSC. The van der Waals surface area contributed by atoms with E-state index in [0.29, 0.717) is 11.4 Å². The highest BCUT2D eigenvalue weighted by Gasteiger charge is 2.13. The van der Waals surface area contributed by atoms with E-state index in [-0.39, 0.29) is 11.9 Å². The van der Waals surface area contributed by atoms with Crippen molar-refractivity contribution in [3.05, 3.63) is 23.9 Å². The maximum Gasteiger partial charge on any atom is 0.255 e. The van der Waals surface area contributed by atoms with E-state index in [2.05, 4.69) is 21.9 Å². The number of nitrogens with zero attached hydrogens (tertiary/aromatic N) is 1. The van der Waals surface area contributed by atoms with Gasteiger partial charge in [-0.2, -0.15) is 11.8 Å². The van der Waals surface area contributed by atoms with Gasteiger partial charge in [0.25, 0.3) is 5.91 Å². The molecule has 1 heterocycles. The van der Waals surface area contributed by atoms with Crippen LogP contribution in [0.1, 0.15) is 30.6 Å². The first kappa shape index (κ1) is 14.8. The zero-order valence-electron chi connectivity index (χ0n) is 11.2. The third-order valence-electron chi connectivity index (χ3n) is 2.53. The lowest BCUT2D eigenvalue weighted by atomic mass is 10.2. The van der Waals surface area contributed by atoms with E-state index in [1.54, 1.807) is 30.1 Å². The van der Waals surface area contributed by atoms with E-state index < -0.39 is 0 Å². The molecule has 1 aromatic rings. The van der Waals surface area contributed by atoms with E-state index >= 15 is 0 Å². The van der Waals surface area contributed by atoms with Crippen LogP contribution in [0.3, 0.4) is 0 Å². The number of nitrogens with one attached hydrogen (secondary N) is 2. The largest absolute Gasteiger partial charge is 0.370 e. The van der Waals surface area contributed by atoms with Gasteiger partial charge in [-0.1, -0.05) is 0 Å². The van der Waals surface area contributed by atoms with Crippen molar-refractivity contribution in [2.75, 3.05) is 23.9 Å². The Bertz CT molecular complexity index is 384. The lowest BCUT2D eigenvalue weighted by Crippen LogP contribution is -2.33. The lowest BCUT2D eigenvalue weighted by Gasteiger charge is -2.15. The van der Waals surface area contributed by atoms with Crippen LogP contribution in [0, 0.1) is 0 Å². The maximum absolute atomic E-state index is 12.1. The first-order chi connectivity index (χ1) is 8.69. The fourth-order valence-corrected chi connectivity index (χ4v) is 2.15. The summed E-state index contributed by atoms with van der Waals surface area (Å²) in [4.78, 5) is 16.3. The summed E-state index contributed by atoms with van der Waals surface area (Å²) in [5, 5.41) is 6.09. The van der Waals surface area contributed by atoms with Gasteiger partial charge < -0.3 is 10.6 Å². The second kappa shape index (κ2) is 7.97. The fourth-order valence-electron chi connectivity index (χ4n) is 1.57. The van der Waals surface area contributed by atoms with E-state index in [4.69, 9.17) is 0 Å². The number of carbonyl (C=O) groups is 1. The Balaban J connectivity index is 2.65. The third-order valence-corrected chi connectivity index (χ3v) is 3.17. The van der Waals surface area contributed by atoms with Gasteiger partial charge in [-0.15, -0.1) is 0 Å². The number of thioether (sulfide) groups is 1. The van der Waals surface area contributed by atoms with Gasteiger partial charge in [0.15, 0.2) is 0 Å². The van der Waals surface area contributed by atoms with Crippen LogP contribution in [0.2, 0.25) is 0 Å². The second-order valence-electron chi connectivity index (χ2n) is 4.09. The van der Waals surface area contributed by atoms with Crippen molar-refractivity contribution in [2.24, 2.45) is 0 Å². The van der Waals surface area contributed by atoms with Crippen molar-refractivity contribution in [3.8, 4) is 0 Å². The number of pyridine rings is 1. The van der Waals surface area contributed by atoms with E-state index in [9.17, 15) is 4.79 Å². The Hall–Kier alpha value is -1.23. The normalized spacial score (nSPS) is 11.9. The Morgan fingerprint density at radius 3 is 3.00 bits per heavy atom. The quantitative estimate of drug-likeness (QED) is 0.796. The van der Waals surface area contributed by atoms with Crippen molar-refractivity contribution < 1.29 is 4.79 Å². The molecule has 1 amide bonds. The number of amides is 1. The summed E-state index contributed by atoms with van der Waals surface area (Å²) in [5.74, 6) is 1.64. The molecule has 100 valence electrons. The molecule has 1 aromatic heterocycles. The molecule has 0 aliphatic carbocycles. The van der Waals surface area contributed by atoms with Crippen LogP contribution >= 0.6 is 11.8 Å². The van der Waals surface area contributed by atoms with Gasteiger partial charge in [-0.3, -0.25) is 4.79 Å². The highest BCUT2D eigenvalue weighted by atomic mass is 32.2. The summed E-state index contributed by atoms with van der Waals surface area (Å²) in [7, 11) is 0. The topological polar surface area (TPSA) is 54.0 Å². The predicted octanol–water partition coefficient (Wildman–Crippen LogP) is 2.38. The van der Waals surface area contributed by atoms with Crippen LogP contribution in [0.4, 0.5) is 5.82 Å². The molecule has 0 radical (unpaired) electrons. The molecular weight excluding hydrogens is 246 g/mol. The summed E-state index contributed by atoms with van der Waals surface area (Å²) in [6, 6.07) is 3.75. The van der Waals surface area contributed by atoms with Gasteiger partial charge in [-0.05, 0) is 44.4 Å². The molecule has 2 N–H and O–H groups in total. The minimum absolute atomic E-state index is 0.0624. The molecule has 1 rings (SSSR count). The van der Waals surface area contributed by atoms with Crippen molar-refractivity contribution in [1.29, 1.82) is 0 Å². The van der Waals surface area contributed by atoms with Gasteiger partial charge in [0.2, 0.25) is 0 Å². The third kappa shape index (κ3) is 4.56. The Kier molecular flexibility index (Phi) is 6.57. The van der Waals surface area contributed by atoms with Crippen LogP contribution in [0.5, 0.6) is 0 Å². The molecule has 1 atom stereocenters. The number of aromatic nitrogens is 1. The lowest BCUT2D eigenvalue weighted by molar-refractivity contribution is 0.0940. The van der Waals surface area contributed by atoms with Gasteiger partial charge >= 0.3 is 0 Å². The van der Waals surface area contributed by atoms with Crippen molar-refractivity contribution in [2.45, 2.75) is 26.3 Å². The Morgan fingerprint density at radius 1 is 1.56 bits per heavy atom. The molecular formula is C13H21N3OS. The van der Waals surface area contributed by atoms with E-state index in [1.165, 1.54) is 0 Å². The molecule has 0 aromatic carbocycles. The van der Waals surface area contributed by atoms with Gasteiger partial charge in [0.05, 0.1) is 5.56 Å². The standard InChI is InChI=1S/C13H21N3OS/c1-4-14-12-11(6-5-8-15-12)13(17)16-10(2)7-9-18-3/h5-6,8,10H,4,7,9H2,1-3H3,(H,14,15)(H,16,17). The van der Waals surface area contributed by atoms with Crippen molar-refractivity contribution in [3.63, 3.8) is 0 Å². The Morgan fingerprint density at radius 2 is 2.33 bits per heavy atom. The van der Waals surface area contributed by atoms with Crippen LogP contribution in [0.15, 0.2) is 18.3 Å². The number of anilines is 1. The molecule has 0 saturated carbocycles. The number of hydrogen-bond acceptors (Lipinski definition) is 4. The van der Waals surface area contributed by atoms with Crippen LogP contribution in [0.25, 0.3) is 0 Å². The van der Waals surface area contributed by atoms with Gasteiger partial charge in [-0.25, -0.2) is 4.98 Å². The first-order valence-electron chi connectivity index (χ1n) is 6.17. The minimum atomic E-state index is -0.0624. The van der Waals surface area contributed by atoms with Crippen LogP contribution in [-0.2, 0) is 0 Å². The summed E-state index contributed by atoms with van der Waals surface area (Å²) in [6.07, 6.45) is 4.73. The van der Waals surface area contributed by atoms with Gasteiger partial charge in [0.1, 0.15) is 5.82 Å². The average molecular weight is 267 g/mol. The number of hydrogen-bond donors (Lipinski definition) is 2. The van der Waals surface area contributed by atoms with Crippen molar-refractivity contribution in [1.82, 2.24) is 10.3 Å². The van der Waals surface area contributed by atoms with E-state index in [0.717, 1.165) is 18.7 Å². The smallest absolute Gasteiger partial charge is 0.255 e. The monoisotopic (exact) mass is 267 g/mol. The molecule has 1 unspecified atom stereocenters. The molecule has 0 saturated heterocycles. The molecule has 5 heteroatoms. The molecule has 0 bridgehead atoms. The van der Waals surface area contributed by atoms with E-state index in [1.807, 2.05) is 13.8 Å². The van der Waals surface area contributed by atoms with Gasteiger partial charge in [0, 0.05) is 18.8 Å². The molecule has 0 aliphatic heterocycles. The number of rotatable bonds is 7. The molecule has 18 heavy (non-hydrogen) atoms. The first-order valence-corrected chi connectivity index (χ1v) is 7.57. The van der Waals surface area contributed by atoms with Crippen LogP contribution < -0.4 is 10.6 Å². The minimum Gasteiger partial charge on any atom is -0.370 e. The fraction of sp³-hybridized carbons (Fsp3) is 0.538. The molecule has 0 spiro atoms. The Labute approximate surface area is 113 Å². The number of carbonyl (C=O) groups excluding carboxylic acids is 1. The second-order valence-corrected chi connectivity index (χ2v) is 5.07. The zero-order chi connectivity index (χ0) is 13.4. The highest BCUT2D eigenvalue weighted by molar-refractivity contribution is 7.98. The molecule has 0 aliphatic rings. The predicted molar refractivity (Wildman–Crippen MR) is 78.3 cm³/mol. The van der Waals surface area contributed by atoms with Crippen molar-refractivity contribution >= 4 is 23.5 Å². The highest BCUT2D eigenvalue weighted by Crippen LogP contribution is 2.11. The average Bonchev–Trinajstić information content (AvgIpc) is 2.37. The summed E-state index contributed by atoms with van der Waals surface area (Å²) >= 11 is 1.79. The van der Waals surface area contributed by atoms with Crippen LogP contribution in [-0.4, -0.2) is 35.5 Å². The summed E-state index contributed by atoms with van der Waals surface area (Å²) in [5.41, 5.74) is 0.607. The maximum atomic E-state index is 12.1. The summed E-state index contributed by atoms with van der Waals surface area (Å²) in [6.45, 7) is 4.76. The summed E-state index contributed by atoms with van der Waals surface area (Å²) < 4.78 is 0. The molecule has 4 nitrogen and oxygen atoms in total. The molecule has 0 fully saturated rings.